The monoisotopic (exact) mass is 242 g/mol. The molecule has 2 N–H and O–H groups in total. The molecular weight excluding hydrogens is 232 g/mol. The van der Waals surface area contributed by atoms with Gasteiger partial charge in [-0.3, -0.25) is 10.1 Å². The minimum absolute atomic E-state index is 0.101. The molecule has 18 heavy (non-hydrogen) atoms. The highest BCUT2D eigenvalue weighted by atomic mass is 16.5. The van der Waals surface area contributed by atoms with Crippen LogP contribution in [0.15, 0.2) is 35.0 Å². The summed E-state index contributed by atoms with van der Waals surface area (Å²) in [6.45, 7) is 1.68. The number of nitrogens with one attached hydrogen (secondary N) is 2. The van der Waals surface area contributed by atoms with E-state index < -0.39 is 0 Å². The quantitative estimate of drug-likeness (QED) is 0.720. The van der Waals surface area contributed by atoms with Crippen molar-refractivity contribution in [1.29, 1.82) is 0 Å². The highest BCUT2D eigenvalue weighted by molar-refractivity contribution is 6.05. The van der Waals surface area contributed by atoms with E-state index in [0.29, 0.717) is 11.4 Å². The van der Waals surface area contributed by atoms with Crippen molar-refractivity contribution in [3.05, 3.63) is 41.9 Å². The molecule has 0 aliphatic heterocycles. The number of anilines is 1. The third kappa shape index (κ3) is 1.84. The van der Waals surface area contributed by atoms with Gasteiger partial charge < -0.3 is 9.51 Å². The first-order valence-electron chi connectivity index (χ1n) is 5.41. The summed E-state index contributed by atoms with van der Waals surface area (Å²) in [5.41, 5.74) is 1.44. The molecule has 6 nitrogen and oxygen atoms in total. The van der Waals surface area contributed by atoms with Gasteiger partial charge in [-0.05, 0) is 30.5 Å². The Hall–Kier alpha value is -2.63. The number of rotatable bonds is 2. The van der Waals surface area contributed by atoms with E-state index in [-0.39, 0.29) is 11.9 Å². The Bertz CT molecular complexity index is 714. The number of aromatic nitrogens is 3. The molecule has 0 fully saturated rings. The van der Waals surface area contributed by atoms with Crippen LogP contribution in [-0.2, 0) is 0 Å². The van der Waals surface area contributed by atoms with Gasteiger partial charge in [0.25, 0.3) is 5.91 Å². The Labute approximate surface area is 102 Å². The van der Waals surface area contributed by atoms with E-state index >= 15 is 0 Å². The molecule has 1 amide bonds. The Balaban J connectivity index is 1.87. The number of benzene rings is 1. The first-order valence-corrected chi connectivity index (χ1v) is 5.41. The van der Waals surface area contributed by atoms with Gasteiger partial charge in [-0.1, -0.05) is 11.2 Å². The van der Waals surface area contributed by atoms with Crippen LogP contribution in [0.25, 0.3) is 10.9 Å². The van der Waals surface area contributed by atoms with Gasteiger partial charge in [0, 0.05) is 17.3 Å². The number of H-pyrrole nitrogens is 1. The van der Waals surface area contributed by atoms with Crippen LogP contribution in [0.1, 0.15) is 16.2 Å². The zero-order valence-corrected chi connectivity index (χ0v) is 9.60. The van der Waals surface area contributed by atoms with Crippen molar-refractivity contribution < 1.29 is 9.32 Å². The minimum Gasteiger partial charge on any atom is -0.361 e. The molecule has 3 rings (SSSR count). The van der Waals surface area contributed by atoms with Crippen molar-refractivity contribution in [3.8, 4) is 0 Å². The topological polar surface area (TPSA) is 83.8 Å². The molecule has 90 valence electrons. The van der Waals surface area contributed by atoms with Crippen LogP contribution >= 0.6 is 0 Å². The van der Waals surface area contributed by atoms with Crippen molar-refractivity contribution in [2.75, 3.05) is 5.32 Å². The lowest BCUT2D eigenvalue weighted by Crippen LogP contribution is -2.11. The fourth-order valence-electron chi connectivity index (χ4n) is 1.71. The maximum absolute atomic E-state index is 11.9. The van der Waals surface area contributed by atoms with Crippen LogP contribution in [0.3, 0.4) is 0 Å². The van der Waals surface area contributed by atoms with Crippen molar-refractivity contribution in [2.24, 2.45) is 0 Å². The summed E-state index contributed by atoms with van der Waals surface area (Å²) in [6, 6.07) is 7.44. The summed E-state index contributed by atoms with van der Waals surface area (Å²) in [7, 11) is 0. The number of nitrogens with zero attached hydrogens (tertiary/aromatic N) is 2. The smallest absolute Gasteiger partial charge is 0.328 e. The summed E-state index contributed by atoms with van der Waals surface area (Å²) in [6.07, 6.45) is 1.83. The number of fused-ring (bicyclic) bond motifs is 1. The number of hydrogen-bond donors (Lipinski definition) is 2. The first-order chi connectivity index (χ1) is 8.72. The number of hydrogen-bond acceptors (Lipinski definition) is 4. The van der Waals surface area contributed by atoms with E-state index in [9.17, 15) is 4.79 Å². The molecule has 3 aromatic rings. The van der Waals surface area contributed by atoms with E-state index in [0.717, 1.165) is 10.9 Å². The van der Waals surface area contributed by atoms with Gasteiger partial charge in [-0.15, -0.1) is 0 Å². The van der Waals surface area contributed by atoms with E-state index in [2.05, 4.69) is 20.4 Å². The van der Waals surface area contributed by atoms with Crippen molar-refractivity contribution in [3.63, 3.8) is 0 Å². The number of carbonyl (C=O) groups excluding carboxylic acids is 1. The zero-order valence-electron chi connectivity index (χ0n) is 9.60. The molecule has 0 bridgehead atoms. The van der Waals surface area contributed by atoms with E-state index in [1.165, 1.54) is 0 Å². The van der Waals surface area contributed by atoms with Crippen molar-refractivity contribution >= 4 is 22.8 Å². The molecule has 0 aliphatic carbocycles. The van der Waals surface area contributed by atoms with Crippen LogP contribution in [0.4, 0.5) is 6.01 Å². The SMILES string of the molecule is Cc1noc(NC(=O)c2ccc3cc[nH]c3c2)n1. The molecule has 0 saturated heterocycles. The lowest BCUT2D eigenvalue weighted by atomic mass is 10.1. The zero-order chi connectivity index (χ0) is 12.5. The second-order valence-electron chi connectivity index (χ2n) is 3.88. The largest absolute Gasteiger partial charge is 0.361 e. The second kappa shape index (κ2) is 3.99. The van der Waals surface area contributed by atoms with Gasteiger partial charge in [-0.25, -0.2) is 0 Å². The molecule has 1 aromatic carbocycles. The number of amides is 1. The van der Waals surface area contributed by atoms with Gasteiger partial charge in [0.05, 0.1) is 0 Å². The minimum atomic E-state index is -0.282. The third-order valence-electron chi connectivity index (χ3n) is 2.57. The number of aryl methyl sites for hydroxylation is 1. The van der Waals surface area contributed by atoms with Gasteiger partial charge >= 0.3 is 6.01 Å². The van der Waals surface area contributed by atoms with Gasteiger partial charge in [0.2, 0.25) is 0 Å². The highest BCUT2D eigenvalue weighted by Gasteiger charge is 2.10. The average molecular weight is 242 g/mol. The first kappa shape index (κ1) is 10.5. The molecule has 0 spiro atoms. The molecule has 0 saturated carbocycles. The predicted octanol–water partition coefficient (Wildman–Crippen LogP) is 2.11. The van der Waals surface area contributed by atoms with Crippen LogP contribution in [-0.4, -0.2) is 21.0 Å². The summed E-state index contributed by atoms with van der Waals surface area (Å²) >= 11 is 0. The van der Waals surface area contributed by atoms with Crippen molar-refractivity contribution in [2.45, 2.75) is 6.92 Å². The molecule has 0 atom stereocenters. The summed E-state index contributed by atoms with van der Waals surface area (Å²) in [4.78, 5) is 18.9. The highest BCUT2D eigenvalue weighted by Crippen LogP contribution is 2.15. The fraction of sp³-hybridized carbons (Fsp3) is 0.0833. The maximum Gasteiger partial charge on any atom is 0.328 e. The molecule has 6 heteroatoms. The molecule has 0 aliphatic rings. The van der Waals surface area contributed by atoms with Gasteiger partial charge in [0.1, 0.15) is 0 Å². The maximum atomic E-state index is 11.9. The molecular formula is C12H10N4O2. The Morgan fingerprint density at radius 2 is 2.28 bits per heavy atom. The van der Waals surface area contributed by atoms with Crippen LogP contribution < -0.4 is 5.32 Å². The van der Waals surface area contributed by atoms with Crippen LogP contribution in [0.5, 0.6) is 0 Å². The summed E-state index contributed by atoms with van der Waals surface area (Å²) < 4.78 is 4.83. The Morgan fingerprint density at radius 3 is 3.06 bits per heavy atom. The van der Waals surface area contributed by atoms with Crippen LogP contribution in [0, 0.1) is 6.92 Å². The van der Waals surface area contributed by atoms with E-state index in [1.54, 1.807) is 19.1 Å². The number of carbonyl (C=O) groups is 1. The molecule has 2 heterocycles. The number of aromatic amines is 1. The Kier molecular flexibility index (Phi) is 2.33. The fourth-order valence-corrected chi connectivity index (χ4v) is 1.71. The Morgan fingerprint density at radius 1 is 1.39 bits per heavy atom. The van der Waals surface area contributed by atoms with Gasteiger partial charge in [-0.2, -0.15) is 4.98 Å². The molecule has 2 aromatic heterocycles. The lowest BCUT2D eigenvalue weighted by molar-refractivity contribution is 0.102. The van der Waals surface area contributed by atoms with E-state index in [4.69, 9.17) is 4.52 Å². The lowest BCUT2D eigenvalue weighted by Gasteiger charge is -2.00. The summed E-state index contributed by atoms with van der Waals surface area (Å²) in [5.74, 6) is 0.195. The molecule has 0 radical (unpaired) electrons. The van der Waals surface area contributed by atoms with Gasteiger partial charge in [0.15, 0.2) is 5.82 Å². The second-order valence-corrected chi connectivity index (χ2v) is 3.88. The summed E-state index contributed by atoms with van der Waals surface area (Å²) in [5, 5.41) is 7.20. The average Bonchev–Trinajstić information content (AvgIpc) is 2.96. The van der Waals surface area contributed by atoms with E-state index in [1.807, 2.05) is 18.3 Å². The molecule has 0 unspecified atom stereocenters. The van der Waals surface area contributed by atoms with Crippen LogP contribution in [0.2, 0.25) is 0 Å². The third-order valence-corrected chi connectivity index (χ3v) is 2.57. The standard InChI is InChI=1S/C12H10N4O2/c1-7-14-12(18-16-7)15-11(17)9-3-2-8-4-5-13-10(8)6-9/h2-6,13H,1H3,(H,14,15,16,17). The predicted molar refractivity (Wildman–Crippen MR) is 65.3 cm³/mol. The normalized spacial score (nSPS) is 10.7. The van der Waals surface area contributed by atoms with Crippen molar-refractivity contribution in [1.82, 2.24) is 15.1 Å².